The fourth-order valence-corrected chi connectivity index (χ4v) is 5.06. The molecule has 0 saturated carbocycles. The molecule has 2 N–H and O–H groups in total. The van der Waals surface area contributed by atoms with Gasteiger partial charge in [0.1, 0.15) is 0 Å². The van der Waals surface area contributed by atoms with Crippen LogP contribution in [0.15, 0.2) is 0 Å². The summed E-state index contributed by atoms with van der Waals surface area (Å²) in [4.78, 5) is 12.6. The Balaban J connectivity index is -0.000000680. The molecule has 0 radical (unpaired) electrons. The Hall–Kier alpha value is -2.19. The van der Waals surface area contributed by atoms with Crippen LogP contribution in [0.25, 0.3) is 0 Å². The first kappa shape index (κ1) is 46.2. The zero-order chi connectivity index (χ0) is 34.0. The molecule has 0 spiro atoms. The molecule has 9 nitrogen and oxygen atoms in total. The van der Waals surface area contributed by atoms with Crippen molar-refractivity contribution in [2.24, 2.45) is 0 Å². The Bertz CT molecular complexity index is 632. The molecule has 0 fully saturated rings. The summed E-state index contributed by atoms with van der Waals surface area (Å²) in [5, 5.41) is 23.7. The standard InChI is InChI=1S/2C17H37N3.CH2O3/c2*1-6-7-8-9-10-11-12-13-14-15-16-18-17(19(2)3)20(4)5;2-1(3)4/h2*6-16H2,1-5H3;(H2,2,3,4). The average Bonchev–Trinajstić information content (AvgIpc) is 2.93. The van der Waals surface area contributed by atoms with Crippen molar-refractivity contribution >= 4 is 18.1 Å². The van der Waals surface area contributed by atoms with Crippen LogP contribution in [0.1, 0.15) is 142 Å². The molecule has 9 heteroatoms. The fourth-order valence-electron chi connectivity index (χ4n) is 5.06. The molecule has 0 aliphatic carbocycles. The lowest BCUT2D eigenvalue weighted by atomic mass is 10.1. The van der Waals surface area contributed by atoms with Crippen molar-refractivity contribution in [3.05, 3.63) is 0 Å². The van der Waals surface area contributed by atoms with E-state index in [1.807, 2.05) is 0 Å². The molecule has 0 amide bonds. The molecule has 0 saturated heterocycles. The van der Waals surface area contributed by atoms with Gasteiger partial charge in [-0.3, -0.25) is 29.6 Å². The van der Waals surface area contributed by atoms with E-state index < -0.39 is 6.16 Å². The second kappa shape index (κ2) is 35.3. The van der Waals surface area contributed by atoms with Crippen molar-refractivity contribution in [3.63, 3.8) is 0 Å². The summed E-state index contributed by atoms with van der Waals surface area (Å²) in [6.45, 7) is 6.73. The highest BCUT2D eigenvalue weighted by Crippen LogP contribution is 2.11. The first-order chi connectivity index (χ1) is 20.9. The van der Waals surface area contributed by atoms with Crippen molar-refractivity contribution in [1.29, 1.82) is 0 Å². The van der Waals surface area contributed by atoms with Crippen molar-refractivity contribution in [3.8, 4) is 0 Å². The van der Waals surface area contributed by atoms with Crippen LogP contribution in [0.4, 0.5) is 4.79 Å². The van der Waals surface area contributed by atoms with Crippen LogP contribution in [-0.4, -0.2) is 106 Å². The van der Waals surface area contributed by atoms with Crippen LogP contribution in [0.5, 0.6) is 0 Å². The largest absolute Gasteiger partial charge is 0.652 e. The van der Waals surface area contributed by atoms with Gasteiger partial charge in [-0.1, -0.05) is 129 Å². The maximum absolute atomic E-state index is 8.33. The van der Waals surface area contributed by atoms with E-state index in [9.17, 15) is 0 Å². The number of unbranched alkanes of at least 4 members (excludes halogenated alkanes) is 18. The monoisotopic (exact) mass is 629 g/mol. The van der Waals surface area contributed by atoms with E-state index >= 15 is 0 Å². The average molecular weight is 629 g/mol. The highest BCUT2D eigenvalue weighted by molar-refractivity contribution is 5.74. The number of nitrogens with zero attached hydrogens (tertiary/aromatic N) is 4. The third kappa shape index (κ3) is 37.8. The minimum atomic E-state index is -2.33. The van der Waals surface area contributed by atoms with Gasteiger partial charge < -0.3 is 15.0 Å². The zero-order valence-corrected chi connectivity index (χ0v) is 31.1. The highest BCUT2D eigenvalue weighted by Gasteiger charge is 2.10. The van der Waals surface area contributed by atoms with Gasteiger partial charge in [0.15, 0.2) is 0 Å². The molecular weight excluding hydrogens is 552 g/mol. The predicted molar refractivity (Wildman–Crippen MR) is 187 cm³/mol. The van der Waals surface area contributed by atoms with E-state index in [0.717, 1.165) is 13.1 Å². The number of rotatable bonds is 22. The van der Waals surface area contributed by atoms with E-state index in [4.69, 9.17) is 15.0 Å². The summed E-state index contributed by atoms with van der Waals surface area (Å²) >= 11 is 0. The van der Waals surface area contributed by atoms with Crippen molar-refractivity contribution in [1.82, 2.24) is 20.4 Å². The smallest absolute Gasteiger partial charge is 0.347 e. The molecular formula is C35H76N6O3. The summed E-state index contributed by atoms with van der Waals surface area (Å²) in [5.74, 6) is 2.39. The number of carbonyl (C=O) groups is 1. The topological polar surface area (TPSA) is 99.8 Å². The van der Waals surface area contributed by atoms with E-state index in [-0.39, 0.29) is 0 Å². The number of carboxylic acid groups (broad SMARTS) is 2. The third-order valence-electron chi connectivity index (χ3n) is 7.32. The molecule has 0 aromatic rings. The number of carbonyl (C=O) groups excluding carboxylic acids is 1. The summed E-state index contributed by atoms with van der Waals surface area (Å²) in [6.07, 6.45) is 25.6. The van der Waals surface area contributed by atoms with Crippen molar-refractivity contribution in [2.45, 2.75) is 142 Å². The lowest BCUT2D eigenvalue weighted by molar-refractivity contribution is -0.472. The van der Waals surface area contributed by atoms with Gasteiger partial charge in [0.05, 0.1) is 69.5 Å². The van der Waals surface area contributed by atoms with Crippen LogP contribution in [-0.2, 0) is 0 Å². The number of guanidine groups is 2. The van der Waals surface area contributed by atoms with E-state index in [1.54, 1.807) is 0 Å². The van der Waals surface area contributed by atoms with Gasteiger partial charge in [0.2, 0.25) is 0 Å². The summed E-state index contributed by atoms with van der Waals surface area (Å²) < 4.78 is 4.27. The van der Waals surface area contributed by atoms with Gasteiger partial charge in [-0.2, -0.15) is 0 Å². The van der Waals surface area contributed by atoms with Gasteiger partial charge in [-0.25, -0.2) is 0 Å². The summed E-state index contributed by atoms with van der Waals surface area (Å²) in [5.41, 5.74) is 0. The molecule has 0 unspecified atom stereocenters. The highest BCUT2D eigenvalue weighted by atomic mass is 16.6. The van der Waals surface area contributed by atoms with Crippen LogP contribution >= 0.6 is 0 Å². The molecule has 264 valence electrons. The molecule has 0 aromatic carbocycles. The molecule has 0 heterocycles. The first-order valence-corrected chi connectivity index (χ1v) is 17.7. The first-order valence-electron chi connectivity index (χ1n) is 17.7. The number of hydrogen-bond donors (Lipinski definition) is 2. The zero-order valence-electron chi connectivity index (χ0n) is 31.1. The lowest BCUT2D eigenvalue weighted by Gasteiger charge is -2.12. The van der Waals surface area contributed by atoms with Crippen LogP contribution in [0, 0.1) is 0 Å². The third-order valence-corrected chi connectivity index (χ3v) is 7.32. The second-order valence-corrected chi connectivity index (χ2v) is 12.7. The molecule has 44 heavy (non-hydrogen) atoms. The minimum Gasteiger partial charge on any atom is -0.652 e. The molecule has 0 aromatic heterocycles. The molecule has 0 bridgehead atoms. The van der Waals surface area contributed by atoms with Crippen LogP contribution in [0.2, 0.25) is 0 Å². The van der Waals surface area contributed by atoms with E-state index in [1.165, 1.54) is 140 Å². The van der Waals surface area contributed by atoms with Crippen LogP contribution < -0.4 is 20.8 Å². The lowest BCUT2D eigenvalue weighted by Crippen LogP contribution is -2.42. The second-order valence-electron chi connectivity index (χ2n) is 12.7. The Morgan fingerprint density at radius 3 is 0.864 bits per heavy atom. The van der Waals surface area contributed by atoms with Crippen LogP contribution in [0.3, 0.4) is 0 Å². The Labute approximate surface area is 274 Å². The van der Waals surface area contributed by atoms with E-state index in [0.29, 0.717) is 0 Å². The fraction of sp³-hybridized carbons (Fsp3) is 0.914. The number of nitrogens with one attached hydrogen (secondary N) is 2. The summed E-state index contributed by atoms with van der Waals surface area (Å²) in [6, 6.07) is 0. The Morgan fingerprint density at radius 1 is 0.477 bits per heavy atom. The van der Waals surface area contributed by atoms with Gasteiger partial charge in [0.25, 0.3) is 0 Å². The normalized spacial score (nSPS) is 10.0. The van der Waals surface area contributed by atoms with Gasteiger partial charge in [-0.15, -0.1) is 0 Å². The van der Waals surface area contributed by atoms with Gasteiger partial charge >= 0.3 is 11.9 Å². The molecule has 0 aliphatic heterocycles. The SMILES string of the molecule is CCCCCCCCCCCCNC(N(C)C)=[N+](C)C.CCCCCCCCCCCCNC(N(C)C)=[N+](C)C.O=C([O-])[O-]. The number of hydrogen-bond acceptors (Lipinski definition) is 3. The maximum atomic E-state index is 8.33. The molecule has 0 aliphatic rings. The predicted octanol–water partition coefficient (Wildman–Crippen LogP) is 4.93. The minimum absolute atomic E-state index is 1.09. The Morgan fingerprint density at radius 2 is 0.682 bits per heavy atom. The van der Waals surface area contributed by atoms with E-state index in [2.05, 4.69) is 99.8 Å². The maximum Gasteiger partial charge on any atom is 0.347 e. The quantitative estimate of drug-likeness (QED) is 0.0760. The molecule has 0 atom stereocenters. The van der Waals surface area contributed by atoms with Gasteiger partial charge in [-0.05, 0) is 19.0 Å². The Kier molecular flexibility index (Phi) is 37.1. The van der Waals surface area contributed by atoms with Crippen molar-refractivity contribution < 1.29 is 24.2 Å². The van der Waals surface area contributed by atoms with Crippen molar-refractivity contribution in [2.75, 3.05) is 69.5 Å². The summed E-state index contributed by atoms with van der Waals surface area (Å²) in [7, 11) is 16.7. The van der Waals surface area contributed by atoms with Gasteiger partial charge in [0, 0.05) is 0 Å². The molecule has 0 rings (SSSR count).